The predicted molar refractivity (Wildman–Crippen MR) is 28.4 cm³/mol. The predicted octanol–water partition coefficient (Wildman–Crippen LogP) is 0.260. The van der Waals surface area contributed by atoms with E-state index < -0.39 is 7.94 Å². The van der Waals surface area contributed by atoms with Gasteiger partial charge in [-0.1, -0.05) is 0 Å². The van der Waals surface area contributed by atoms with Gasteiger partial charge in [0.25, 0.3) is 0 Å². The number of hydrogen-bond donors (Lipinski definition) is 3. The fourth-order valence-corrected chi connectivity index (χ4v) is 0.600. The Bertz CT molecular complexity index is 72.7. The molecule has 0 fully saturated rings. The van der Waals surface area contributed by atoms with E-state index in [0.29, 0.717) is 0 Å². The molecule has 0 atom stereocenters. The fraction of sp³-hybridized carbons (Fsp3) is 0.333. The van der Waals surface area contributed by atoms with Gasteiger partial charge in [0.15, 0.2) is 0 Å². The Morgan fingerprint density at radius 1 is 1.29 bits per heavy atom. The van der Waals surface area contributed by atoms with E-state index in [9.17, 15) is 0 Å². The average Bonchev–Trinajstić information content (AvgIpc) is 1.30. The van der Waals surface area contributed by atoms with Crippen LogP contribution in [0.3, 0.4) is 0 Å². The maximum Gasteiger partial charge on any atom is 0.432 e. The summed E-state index contributed by atoms with van der Waals surface area (Å²) in [5, 5.41) is 0. The molecule has 0 spiro atoms. The van der Waals surface area contributed by atoms with Crippen molar-refractivity contribution < 1.29 is 14.7 Å². The fourth-order valence-electron chi connectivity index (χ4n) is 0.200. The van der Waals surface area contributed by atoms with E-state index in [0.717, 1.165) is 5.82 Å². The Hall–Kier alpha value is 0.0500. The van der Waals surface area contributed by atoms with E-state index in [-0.39, 0.29) is 0 Å². The lowest BCUT2D eigenvalue weighted by Gasteiger charge is -1.91. The zero-order valence-electron chi connectivity index (χ0n) is 3.94. The van der Waals surface area contributed by atoms with E-state index in [1.165, 1.54) is 6.08 Å². The third-order valence-corrected chi connectivity index (χ3v) is 1.05. The van der Waals surface area contributed by atoms with Crippen LogP contribution in [0.4, 0.5) is 0 Å². The molecule has 0 unspecified atom stereocenters. The van der Waals surface area contributed by atoms with Crippen molar-refractivity contribution in [2.24, 2.45) is 0 Å². The molecule has 4 heteroatoms. The molecule has 0 saturated heterocycles. The van der Waals surface area contributed by atoms with Gasteiger partial charge in [-0.25, -0.2) is 0 Å². The highest BCUT2D eigenvalue weighted by atomic mass is 31.2. The molecule has 0 aromatic carbocycles. The van der Waals surface area contributed by atoms with E-state index in [2.05, 4.69) is 0 Å². The molecule has 0 saturated carbocycles. The topological polar surface area (TPSA) is 60.7 Å². The Labute approximate surface area is 42.5 Å². The van der Waals surface area contributed by atoms with Gasteiger partial charge in [-0.2, -0.15) is 14.7 Å². The first-order chi connectivity index (χ1) is 3.06. The number of hydrogen-bond acceptors (Lipinski definition) is 3. The van der Waals surface area contributed by atoms with Crippen LogP contribution in [0.25, 0.3) is 0 Å². The standard InChI is InChI=1S/C3H8O3P/c1-2-3-7(4,5)6/h2-6H,1H3/q+1. The molecule has 0 aliphatic rings. The molecule has 0 bridgehead atoms. The second-order valence-electron chi connectivity index (χ2n) is 1.10. The molecule has 0 heterocycles. The molecule has 0 rings (SSSR count). The van der Waals surface area contributed by atoms with E-state index in [4.69, 9.17) is 14.7 Å². The van der Waals surface area contributed by atoms with Gasteiger partial charge in [0.1, 0.15) is 5.82 Å². The van der Waals surface area contributed by atoms with Crippen LogP contribution in [-0.4, -0.2) is 14.7 Å². The van der Waals surface area contributed by atoms with Crippen molar-refractivity contribution in [3.05, 3.63) is 11.9 Å². The summed E-state index contributed by atoms with van der Waals surface area (Å²) in [6.45, 7) is 1.59. The molecule has 7 heavy (non-hydrogen) atoms. The zero-order chi connectivity index (χ0) is 5.91. The van der Waals surface area contributed by atoms with Crippen molar-refractivity contribution >= 4 is 7.94 Å². The van der Waals surface area contributed by atoms with Crippen molar-refractivity contribution in [1.29, 1.82) is 0 Å². The van der Waals surface area contributed by atoms with Gasteiger partial charge in [-0.05, 0) is 13.0 Å². The molecule has 0 aliphatic carbocycles. The SMILES string of the molecule is CC=C[P+](O)(O)O. The van der Waals surface area contributed by atoms with Crippen LogP contribution in [0.2, 0.25) is 0 Å². The van der Waals surface area contributed by atoms with Crippen molar-refractivity contribution in [3.63, 3.8) is 0 Å². The minimum absolute atomic E-state index is 0.965. The summed E-state index contributed by atoms with van der Waals surface area (Å²) in [5.74, 6) is 0.965. The van der Waals surface area contributed by atoms with Crippen LogP contribution in [-0.2, 0) is 0 Å². The summed E-state index contributed by atoms with van der Waals surface area (Å²) in [6, 6.07) is 0. The molecular formula is C3H8O3P+. The summed E-state index contributed by atoms with van der Waals surface area (Å²) in [4.78, 5) is 24.5. The van der Waals surface area contributed by atoms with E-state index in [1.54, 1.807) is 6.92 Å². The van der Waals surface area contributed by atoms with E-state index >= 15 is 0 Å². The lowest BCUT2D eigenvalue weighted by atomic mass is 10.8. The van der Waals surface area contributed by atoms with E-state index in [1.807, 2.05) is 0 Å². The van der Waals surface area contributed by atoms with Crippen LogP contribution >= 0.6 is 7.94 Å². The maximum absolute atomic E-state index is 8.15. The second kappa shape index (κ2) is 2.38. The molecule has 0 aromatic heterocycles. The van der Waals surface area contributed by atoms with Crippen LogP contribution in [0.1, 0.15) is 6.92 Å². The second-order valence-corrected chi connectivity index (χ2v) is 2.62. The molecule has 0 radical (unpaired) electrons. The van der Waals surface area contributed by atoms with Crippen molar-refractivity contribution in [2.75, 3.05) is 0 Å². The van der Waals surface area contributed by atoms with Crippen LogP contribution in [0, 0.1) is 0 Å². The van der Waals surface area contributed by atoms with Gasteiger partial charge in [-0.3, -0.25) is 0 Å². The number of allylic oxidation sites excluding steroid dienone is 1. The summed E-state index contributed by atoms with van der Waals surface area (Å²) in [6.07, 6.45) is 1.38. The first kappa shape index (κ1) is 7.05. The highest BCUT2D eigenvalue weighted by Gasteiger charge is 2.23. The average molecular weight is 123 g/mol. The largest absolute Gasteiger partial charge is 0.432 e. The Kier molecular flexibility index (Phi) is 2.40. The van der Waals surface area contributed by atoms with Gasteiger partial charge >= 0.3 is 7.94 Å². The Morgan fingerprint density at radius 2 is 1.71 bits per heavy atom. The molecule has 0 aromatic rings. The third-order valence-electron chi connectivity index (χ3n) is 0.349. The third kappa shape index (κ3) is 6.05. The Morgan fingerprint density at radius 3 is 1.71 bits per heavy atom. The van der Waals surface area contributed by atoms with Crippen LogP contribution in [0.5, 0.6) is 0 Å². The lowest BCUT2D eigenvalue weighted by Crippen LogP contribution is -1.78. The monoisotopic (exact) mass is 123 g/mol. The maximum atomic E-state index is 8.15. The highest BCUT2D eigenvalue weighted by Crippen LogP contribution is 2.45. The zero-order valence-corrected chi connectivity index (χ0v) is 4.84. The lowest BCUT2D eigenvalue weighted by molar-refractivity contribution is 0.345. The molecule has 0 aliphatic heterocycles. The summed E-state index contributed by atoms with van der Waals surface area (Å²) < 4.78 is 0. The first-order valence-corrected chi connectivity index (χ1v) is 3.49. The minimum atomic E-state index is -3.60. The van der Waals surface area contributed by atoms with Crippen molar-refractivity contribution in [2.45, 2.75) is 6.92 Å². The minimum Gasteiger partial charge on any atom is -0.189 e. The summed E-state index contributed by atoms with van der Waals surface area (Å²) in [5.41, 5.74) is 0. The quantitative estimate of drug-likeness (QED) is 0.438. The van der Waals surface area contributed by atoms with Crippen molar-refractivity contribution in [3.8, 4) is 0 Å². The van der Waals surface area contributed by atoms with Gasteiger partial charge in [0.05, 0.1) is 0 Å². The van der Waals surface area contributed by atoms with Gasteiger partial charge in [-0.15, -0.1) is 0 Å². The molecule has 3 N–H and O–H groups in total. The molecule has 3 nitrogen and oxygen atoms in total. The smallest absolute Gasteiger partial charge is 0.189 e. The molecule has 42 valence electrons. The molecule has 0 amide bonds. The van der Waals surface area contributed by atoms with Gasteiger partial charge in [0.2, 0.25) is 0 Å². The highest BCUT2D eigenvalue weighted by molar-refractivity contribution is 7.61. The van der Waals surface area contributed by atoms with Gasteiger partial charge < -0.3 is 0 Å². The Balaban J connectivity index is 3.56. The molecular weight excluding hydrogens is 115 g/mol. The first-order valence-electron chi connectivity index (χ1n) is 1.77. The van der Waals surface area contributed by atoms with Crippen LogP contribution in [0.15, 0.2) is 11.9 Å². The normalized spacial score (nSPS) is 13.1. The van der Waals surface area contributed by atoms with Gasteiger partial charge in [0, 0.05) is 0 Å². The van der Waals surface area contributed by atoms with Crippen molar-refractivity contribution in [1.82, 2.24) is 0 Å². The van der Waals surface area contributed by atoms with Crippen LogP contribution < -0.4 is 0 Å². The number of rotatable bonds is 1. The summed E-state index contributed by atoms with van der Waals surface area (Å²) in [7, 11) is -3.60. The summed E-state index contributed by atoms with van der Waals surface area (Å²) >= 11 is 0.